The summed E-state index contributed by atoms with van der Waals surface area (Å²) in [7, 11) is 2.14. The van der Waals surface area contributed by atoms with Crippen LogP contribution in [0.5, 0.6) is 5.88 Å². The minimum Gasteiger partial charge on any atom is -0.493 e. The maximum Gasteiger partial charge on any atom is 0.331 e. The molecule has 0 bridgehead atoms. The van der Waals surface area contributed by atoms with Crippen LogP contribution in [-0.4, -0.2) is 32.7 Å². The summed E-state index contributed by atoms with van der Waals surface area (Å²) in [6, 6.07) is 18.6. The van der Waals surface area contributed by atoms with Gasteiger partial charge in [-0.2, -0.15) is 0 Å². The third kappa shape index (κ3) is 4.30. The maximum absolute atomic E-state index is 12.8. The van der Waals surface area contributed by atoms with E-state index in [0.29, 0.717) is 19.5 Å². The number of aromatic nitrogens is 2. The van der Waals surface area contributed by atoms with E-state index in [1.807, 2.05) is 18.2 Å². The number of benzene rings is 2. The van der Waals surface area contributed by atoms with Gasteiger partial charge in [-0.1, -0.05) is 61.0 Å². The lowest BCUT2D eigenvalue weighted by atomic mass is 9.99. The Hall–Kier alpha value is -2.79. The van der Waals surface area contributed by atoms with Crippen molar-refractivity contribution in [2.75, 3.05) is 13.6 Å². The SMILES string of the molecule is CN(CCCCCn1c(O)c2n(c1=O)Cc1ccccc1C2)Cc1ccccc1. The molecule has 0 atom stereocenters. The lowest BCUT2D eigenvalue weighted by molar-refractivity contribution is 0.314. The highest BCUT2D eigenvalue weighted by atomic mass is 16.3. The van der Waals surface area contributed by atoms with Gasteiger partial charge in [0.15, 0.2) is 0 Å². The van der Waals surface area contributed by atoms with Crippen LogP contribution in [0.25, 0.3) is 0 Å². The minimum atomic E-state index is -0.0896. The summed E-state index contributed by atoms with van der Waals surface area (Å²) in [5, 5.41) is 10.6. The van der Waals surface area contributed by atoms with Crippen LogP contribution in [0.4, 0.5) is 0 Å². The van der Waals surface area contributed by atoms with E-state index in [1.165, 1.54) is 16.7 Å². The van der Waals surface area contributed by atoms with Gasteiger partial charge in [0.05, 0.1) is 12.2 Å². The Bertz CT molecular complexity index is 1020. The van der Waals surface area contributed by atoms with Crippen LogP contribution in [0.1, 0.15) is 41.6 Å². The number of nitrogens with zero attached hydrogens (tertiary/aromatic N) is 3. The molecule has 0 unspecified atom stereocenters. The molecule has 0 saturated carbocycles. The van der Waals surface area contributed by atoms with Gasteiger partial charge in [0.2, 0.25) is 5.88 Å². The highest BCUT2D eigenvalue weighted by Crippen LogP contribution is 2.27. The van der Waals surface area contributed by atoms with Gasteiger partial charge >= 0.3 is 5.69 Å². The quantitative estimate of drug-likeness (QED) is 0.467. The van der Waals surface area contributed by atoms with E-state index in [4.69, 9.17) is 0 Å². The Kier molecular flexibility index (Phi) is 5.86. The monoisotopic (exact) mass is 391 g/mol. The molecular weight excluding hydrogens is 362 g/mol. The van der Waals surface area contributed by atoms with Crippen LogP contribution in [-0.2, 0) is 26.1 Å². The molecule has 2 heterocycles. The van der Waals surface area contributed by atoms with Gasteiger partial charge in [-0.3, -0.25) is 9.13 Å². The molecule has 1 N–H and O–H groups in total. The molecule has 29 heavy (non-hydrogen) atoms. The predicted octanol–water partition coefficient (Wildman–Crippen LogP) is 3.61. The molecule has 4 rings (SSSR count). The van der Waals surface area contributed by atoms with Crippen molar-refractivity contribution in [3.63, 3.8) is 0 Å². The van der Waals surface area contributed by atoms with Crippen LogP contribution in [0, 0.1) is 0 Å². The van der Waals surface area contributed by atoms with Crippen molar-refractivity contribution in [1.29, 1.82) is 0 Å². The van der Waals surface area contributed by atoms with Crippen molar-refractivity contribution in [3.8, 4) is 5.88 Å². The van der Waals surface area contributed by atoms with Gasteiger partial charge in [-0.25, -0.2) is 4.79 Å². The normalized spacial score (nSPS) is 12.8. The fourth-order valence-corrected chi connectivity index (χ4v) is 4.20. The molecule has 0 spiro atoms. The molecule has 0 aliphatic carbocycles. The zero-order valence-corrected chi connectivity index (χ0v) is 17.1. The standard InChI is InChI=1S/C24H29N3O2/c1-25(17-19-10-4-2-5-11-19)14-8-3-9-15-26-23(28)22-16-20-12-6-7-13-21(20)18-27(22)24(26)29/h2,4-7,10-13,28H,3,8-9,14-18H2,1H3. The van der Waals surface area contributed by atoms with Gasteiger partial charge in [-0.15, -0.1) is 0 Å². The topological polar surface area (TPSA) is 50.4 Å². The highest BCUT2D eigenvalue weighted by Gasteiger charge is 2.24. The van der Waals surface area contributed by atoms with Crippen molar-refractivity contribution in [2.24, 2.45) is 0 Å². The number of hydrogen-bond donors (Lipinski definition) is 1. The molecule has 152 valence electrons. The fourth-order valence-electron chi connectivity index (χ4n) is 4.20. The zero-order valence-electron chi connectivity index (χ0n) is 17.1. The van der Waals surface area contributed by atoms with Crippen LogP contribution >= 0.6 is 0 Å². The zero-order chi connectivity index (χ0) is 20.2. The summed E-state index contributed by atoms with van der Waals surface area (Å²) >= 11 is 0. The molecular formula is C24H29N3O2. The molecule has 1 aliphatic rings. The summed E-state index contributed by atoms with van der Waals surface area (Å²) in [6.07, 6.45) is 3.63. The number of rotatable bonds is 8. The molecule has 2 aromatic carbocycles. The van der Waals surface area contributed by atoms with E-state index < -0.39 is 0 Å². The molecule has 1 aromatic heterocycles. The van der Waals surface area contributed by atoms with Crippen LogP contribution in [0.3, 0.4) is 0 Å². The highest BCUT2D eigenvalue weighted by molar-refractivity contribution is 5.38. The number of aromatic hydroxyl groups is 1. The Labute approximate surface area is 171 Å². The van der Waals surface area contributed by atoms with Crippen LogP contribution in [0.2, 0.25) is 0 Å². The second kappa shape index (κ2) is 8.70. The molecule has 5 nitrogen and oxygen atoms in total. The Morgan fingerprint density at radius 3 is 2.48 bits per heavy atom. The molecule has 0 radical (unpaired) electrons. The van der Waals surface area contributed by atoms with Crippen molar-refractivity contribution < 1.29 is 5.11 Å². The van der Waals surface area contributed by atoms with Crippen molar-refractivity contribution >= 4 is 0 Å². The largest absolute Gasteiger partial charge is 0.493 e. The average Bonchev–Trinajstić information content (AvgIpc) is 2.97. The van der Waals surface area contributed by atoms with Gasteiger partial charge < -0.3 is 10.0 Å². The summed E-state index contributed by atoms with van der Waals surface area (Å²) in [5.41, 5.74) is 4.35. The first-order chi connectivity index (χ1) is 14.1. The minimum absolute atomic E-state index is 0.0896. The lowest BCUT2D eigenvalue weighted by Crippen LogP contribution is -2.27. The lowest BCUT2D eigenvalue weighted by Gasteiger charge is -2.17. The number of imidazole rings is 1. The van der Waals surface area contributed by atoms with Crippen LogP contribution in [0.15, 0.2) is 59.4 Å². The van der Waals surface area contributed by atoms with E-state index in [2.05, 4.69) is 48.3 Å². The first-order valence-electron chi connectivity index (χ1n) is 10.4. The Balaban J connectivity index is 1.29. The van der Waals surface area contributed by atoms with Crippen molar-refractivity contribution in [2.45, 2.75) is 45.3 Å². The fraction of sp³-hybridized carbons (Fsp3) is 0.375. The van der Waals surface area contributed by atoms with Crippen molar-refractivity contribution in [1.82, 2.24) is 14.0 Å². The van der Waals surface area contributed by atoms with Gasteiger partial charge in [-0.05, 0) is 43.1 Å². The summed E-state index contributed by atoms with van der Waals surface area (Å²) in [4.78, 5) is 15.1. The van der Waals surface area contributed by atoms with E-state index >= 15 is 0 Å². The van der Waals surface area contributed by atoms with E-state index in [0.717, 1.165) is 38.0 Å². The van der Waals surface area contributed by atoms with E-state index in [-0.39, 0.29) is 11.6 Å². The second-order valence-corrected chi connectivity index (χ2v) is 8.02. The van der Waals surface area contributed by atoms with Crippen molar-refractivity contribution in [3.05, 3.63) is 87.5 Å². The number of unbranched alkanes of at least 4 members (excludes halogenated alkanes) is 2. The molecule has 0 fully saturated rings. The summed E-state index contributed by atoms with van der Waals surface area (Å²) in [5.74, 6) is 0.144. The number of fused-ring (bicyclic) bond motifs is 2. The van der Waals surface area contributed by atoms with Crippen LogP contribution < -0.4 is 5.69 Å². The first-order valence-corrected chi connectivity index (χ1v) is 10.4. The third-order valence-corrected chi connectivity index (χ3v) is 5.82. The molecule has 3 aromatic rings. The summed E-state index contributed by atoms with van der Waals surface area (Å²) in [6.45, 7) is 3.10. The average molecular weight is 392 g/mol. The first kappa shape index (κ1) is 19.5. The molecule has 0 amide bonds. The van der Waals surface area contributed by atoms with E-state index in [1.54, 1.807) is 9.13 Å². The van der Waals surface area contributed by atoms with Gasteiger partial charge in [0.1, 0.15) is 0 Å². The molecule has 5 heteroatoms. The predicted molar refractivity (Wildman–Crippen MR) is 115 cm³/mol. The van der Waals surface area contributed by atoms with Gasteiger partial charge in [0, 0.05) is 19.5 Å². The third-order valence-electron chi connectivity index (χ3n) is 5.82. The van der Waals surface area contributed by atoms with Gasteiger partial charge in [0.25, 0.3) is 0 Å². The number of hydrogen-bond acceptors (Lipinski definition) is 3. The molecule has 0 saturated heterocycles. The molecule has 1 aliphatic heterocycles. The Morgan fingerprint density at radius 1 is 0.966 bits per heavy atom. The summed E-state index contributed by atoms with van der Waals surface area (Å²) < 4.78 is 3.28. The van der Waals surface area contributed by atoms with E-state index in [9.17, 15) is 9.90 Å². The maximum atomic E-state index is 12.8. The Morgan fingerprint density at radius 2 is 1.69 bits per heavy atom. The smallest absolute Gasteiger partial charge is 0.331 e. The second-order valence-electron chi connectivity index (χ2n) is 8.02.